The molecule has 0 aromatic carbocycles. The summed E-state index contributed by atoms with van der Waals surface area (Å²) in [5.74, 6) is 0. The molecule has 1 fully saturated rings. The summed E-state index contributed by atoms with van der Waals surface area (Å²) in [6.07, 6.45) is 4.27. The molecule has 0 atom stereocenters. The van der Waals surface area contributed by atoms with Crippen LogP contribution in [0.15, 0.2) is 24.4 Å². The Balaban J connectivity index is 1.73. The lowest BCUT2D eigenvalue weighted by atomic mass is 10.3. The Hall–Kier alpha value is -1.16. The first-order chi connectivity index (χ1) is 6.84. The van der Waals surface area contributed by atoms with Crippen molar-refractivity contribution in [1.29, 1.82) is 0 Å². The zero-order valence-electron chi connectivity index (χ0n) is 7.86. The summed E-state index contributed by atoms with van der Waals surface area (Å²) < 4.78 is 0. The van der Waals surface area contributed by atoms with Crippen molar-refractivity contribution in [3.8, 4) is 0 Å². The van der Waals surface area contributed by atoms with Crippen LogP contribution in [0.1, 0.15) is 18.5 Å². The Morgan fingerprint density at radius 3 is 3.00 bits per heavy atom. The Morgan fingerprint density at radius 1 is 1.50 bits per heavy atom. The molecule has 0 radical (unpaired) electrons. The summed E-state index contributed by atoms with van der Waals surface area (Å²) in [7, 11) is 0. The lowest BCUT2D eigenvalue weighted by Gasteiger charge is -2.08. The third kappa shape index (κ3) is 2.96. The topological polar surface area (TPSA) is 37.0 Å². The molecule has 2 N–H and O–H groups in total. The van der Waals surface area contributed by atoms with Crippen molar-refractivity contribution in [2.24, 2.45) is 0 Å². The fourth-order valence-electron chi connectivity index (χ4n) is 1.14. The van der Waals surface area contributed by atoms with Crippen molar-refractivity contribution in [2.45, 2.75) is 25.4 Å². The number of thiocarbonyl (C=S) groups is 1. The van der Waals surface area contributed by atoms with Crippen molar-refractivity contribution in [2.75, 3.05) is 0 Å². The van der Waals surface area contributed by atoms with E-state index in [9.17, 15) is 0 Å². The van der Waals surface area contributed by atoms with E-state index in [2.05, 4.69) is 15.6 Å². The standard InChI is InChI=1S/C10H13N3S/c14-10(13-8-4-5-8)12-7-9-3-1-2-6-11-9/h1-3,6,8H,4-5,7H2,(H2,12,13,14). The fraction of sp³-hybridized carbons (Fsp3) is 0.400. The zero-order valence-corrected chi connectivity index (χ0v) is 8.68. The molecule has 14 heavy (non-hydrogen) atoms. The third-order valence-corrected chi connectivity index (χ3v) is 2.33. The van der Waals surface area contributed by atoms with Gasteiger partial charge in [0, 0.05) is 12.2 Å². The quantitative estimate of drug-likeness (QED) is 0.731. The Kier molecular flexibility index (Phi) is 2.93. The zero-order chi connectivity index (χ0) is 9.80. The maximum Gasteiger partial charge on any atom is 0.166 e. The van der Waals surface area contributed by atoms with Crippen molar-refractivity contribution < 1.29 is 0 Å². The minimum atomic E-state index is 0.610. The summed E-state index contributed by atoms with van der Waals surface area (Å²) in [5.41, 5.74) is 1.01. The third-order valence-electron chi connectivity index (χ3n) is 2.07. The molecule has 0 amide bonds. The predicted octanol–water partition coefficient (Wildman–Crippen LogP) is 1.21. The second-order valence-corrected chi connectivity index (χ2v) is 3.83. The highest BCUT2D eigenvalue weighted by atomic mass is 32.1. The van der Waals surface area contributed by atoms with Crippen LogP contribution in [0, 0.1) is 0 Å². The van der Waals surface area contributed by atoms with E-state index in [1.807, 2.05) is 18.2 Å². The van der Waals surface area contributed by atoms with E-state index in [0.29, 0.717) is 12.6 Å². The Bertz CT molecular complexity index is 308. The number of pyridine rings is 1. The molecule has 1 aliphatic rings. The van der Waals surface area contributed by atoms with Crippen LogP contribution in [0.5, 0.6) is 0 Å². The number of hydrogen-bond acceptors (Lipinski definition) is 2. The van der Waals surface area contributed by atoms with Crippen LogP contribution in [0.3, 0.4) is 0 Å². The van der Waals surface area contributed by atoms with E-state index in [4.69, 9.17) is 12.2 Å². The van der Waals surface area contributed by atoms with Gasteiger partial charge in [-0.15, -0.1) is 0 Å². The van der Waals surface area contributed by atoms with Crippen LogP contribution in [0.25, 0.3) is 0 Å². The number of aromatic nitrogens is 1. The molecule has 0 unspecified atom stereocenters. The largest absolute Gasteiger partial charge is 0.360 e. The maximum absolute atomic E-state index is 5.12. The highest BCUT2D eigenvalue weighted by Crippen LogP contribution is 2.18. The van der Waals surface area contributed by atoms with Gasteiger partial charge >= 0.3 is 0 Å². The average molecular weight is 207 g/mol. The molecule has 1 aromatic rings. The van der Waals surface area contributed by atoms with Gasteiger partial charge in [0.15, 0.2) is 5.11 Å². The second-order valence-electron chi connectivity index (χ2n) is 3.42. The van der Waals surface area contributed by atoms with Gasteiger partial charge < -0.3 is 10.6 Å². The second kappa shape index (κ2) is 4.37. The summed E-state index contributed by atoms with van der Waals surface area (Å²) in [6, 6.07) is 6.47. The van der Waals surface area contributed by atoms with Gasteiger partial charge in [0.1, 0.15) is 0 Å². The van der Waals surface area contributed by atoms with Gasteiger partial charge in [-0.2, -0.15) is 0 Å². The van der Waals surface area contributed by atoms with Crippen LogP contribution >= 0.6 is 12.2 Å². The van der Waals surface area contributed by atoms with Gasteiger partial charge in [-0.3, -0.25) is 4.98 Å². The molecular formula is C10H13N3S. The van der Waals surface area contributed by atoms with Gasteiger partial charge in [0.05, 0.1) is 12.2 Å². The molecule has 1 saturated carbocycles. The monoisotopic (exact) mass is 207 g/mol. The van der Waals surface area contributed by atoms with Crippen molar-refractivity contribution in [1.82, 2.24) is 15.6 Å². The highest BCUT2D eigenvalue weighted by Gasteiger charge is 2.21. The van der Waals surface area contributed by atoms with Crippen LogP contribution < -0.4 is 10.6 Å². The minimum Gasteiger partial charge on any atom is -0.360 e. The maximum atomic E-state index is 5.12. The van der Waals surface area contributed by atoms with E-state index in [1.165, 1.54) is 12.8 Å². The van der Waals surface area contributed by atoms with E-state index >= 15 is 0 Å². The molecule has 4 heteroatoms. The number of nitrogens with zero attached hydrogens (tertiary/aromatic N) is 1. The molecule has 1 aromatic heterocycles. The van der Waals surface area contributed by atoms with Gasteiger partial charge in [-0.25, -0.2) is 0 Å². The molecule has 1 heterocycles. The smallest absolute Gasteiger partial charge is 0.166 e. The lowest BCUT2D eigenvalue weighted by Crippen LogP contribution is -2.36. The Labute approximate surface area is 88.9 Å². The van der Waals surface area contributed by atoms with Crippen LogP contribution in [0.2, 0.25) is 0 Å². The van der Waals surface area contributed by atoms with Crippen molar-refractivity contribution in [3.05, 3.63) is 30.1 Å². The fourth-order valence-corrected chi connectivity index (χ4v) is 1.38. The molecule has 0 spiro atoms. The average Bonchev–Trinajstić information content (AvgIpc) is 3.00. The van der Waals surface area contributed by atoms with Crippen LogP contribution in [0.4, 0.5) is 0 Å². The molecule has 74 valence electrons. The van der Waals surface area contributed by atoms with Gasteiger partial charge in [-0.1, -0.05) is 6.07 Å². The molecule has 3 nitrogen and oxygen atoms in total. The van der Waals surface area contributed by atoms with Gasteiger partial charge in [-0.05, 0) is 37.2 Å². The first kappa shape index (κ1) is 9.40. The minimum absolute atomic E-state index is 0.610. The normalized spacial score (nSPS) is 14.9. The summed E-state index contributed by atoms with van der Waals surface area (Å²) in [4.78, 5) is 4.20. The molecule has 2 rings (SSSR count). The van der Waals surface area contributed by atoms with Crippen molar-refractivity contribution >= 4 is 17.3 Å². The first-order valence-corrected chi connectivity index (χ1v) is 5.20. The Morgan fingerprint density at radius 2 is 2.36 bits per heavy atom. The summed E-state index contributed by atoms with van der Waals surface area (Å²) in [6.45, 7) is 0.694. The van der Waals surface area contributed by atoms with E-state index in [0.717, 1.165) is 10.8 Å². The van der Waals surface area contributed by atoms with Gasteiger partial charge in [0.25, 0.3) is 0 Å². The molecule has 0 bridgehead atoms. The van der Waals surface area contributed by atoms with Crippen LogP contribution in [-0.4, -0.2) is 16.1 Å². The molecule has 1 aliphatic carbocycles. The van der Waals surface area contributed by atoms with Crippen LogP contribution in [-0.2, 0) is 6.54 Å². The number of hydrogen-bond donors (Lipinski definition) is 2. The lowest BCUT2D eigenvalue weighted by molar-refractivity contribution is 0.813. The highest BCUT2D eigenvalue weighted by molar-refractivity contribution is 7.80. The van der Waals surface area contributed by atoms with E-state index < -0.39 is 0 Å². The number of nitrogens with one attached hydrogen (secondary N) is 2. The van der Waals surface area contributed by atoms with E-state index in [-0.39, 0.29) is 0 Å². The van der Waals surface area contributed by atoms with E-state index in [1.54, 1.807) is 6.20 Å². The first-order valence-electron chi connectivity index (χ1n) is 4.79. The SMILES string of the molecule is S=C(NCc1ccccn1)NC1CC1. The summed E-state index contributed by atoms with van der Waals surface area (Å²) in [5, 5.41) is 7.08. The van der Waals surface area contributed by atoms with Gasteiger partial charge in [0.2, 0.25) is 0 Å². The summed E-state index contributed by atoms with van der Waals surface area (Å²) >= 11 is 5.12. The molecule has 0 aliphatic heterocycles. The molecule has 0 saturated heterocycles. The van der Waals surface area contributed by atoms with Crippen molar-refractivity contribution in [3.63, 3.8) is 0 Å². The number of rotatable bonds is 3. The predicted molar refractivity (Wildman–Crippen MR) is 59.8 cm³/mol. The molecular weight excluding hydrogens is 194 g/mol.